The Morgan fingerprint density at radius 3 is 2.52 bits per heavy atom. The molecule has 4 rings (SSSR count). The molecule has 1 aromatic carbocycles. The van der Waals surface area contributed by atoms with Crippen LogP contribution in [0.2, 0.25) is 5.02 Å². The molecule has 0 spiro atoms. The summed E-state index contributed by atoms with van der Waals surface area (Å²) in [6.07, 6.45) is 0.880. The van der Waals surface area contributed by atoms with Crippen molar-refractivity contribution in [2.45, 2.75) is 12.7 Å². The predicted octanol–water partition coefficient (Wildman–Crippen LogP) is 4.06. The molecule has 0 bridgehead atoms. The number of nitrogens with one attached hydrogen (secondary N) is 1. The van der Waals surface area contributed by atoms with Crippen LogP contribution in [0.25, 0.3) is 11.5 Å². The molecule has 3 heterocycles. The zero-order valence-electron chi connectivity index (χ0n) is 15.7. The van der Waals surface area contributed by atoms with Gasteiger partial charge in [-0.25, -0.2) is 14.3 Å². The van der Waals surface area contributed by atoms with Crippen LogP contribution < -0.4 is 5.32 Å². The minimum absolute atomic E-state index is 0.0503. The van der Waals surface area contributed by atoms with E-state index < -0.39 is 23.3 Å². The van der Waals surface area contributed by atoms with Crippen molar-refractivity contribution < 1.29 is 18.0 Å². The molecule has 1 amide bonds. The number of hydrogen-bond donors (Lipinski definition) is 1. The van der Waals surface area contributed by atoms with Gasteiger partial charge >= 0.3 is 6.18 Å². The van der Waals surface area contributed by atoms with Crippen LogP contribution in [-0.4, -0.2) is 30.5 Å². The van der Waals surface area contributed by atoms with Crippen LogP contribution in [0.3, 0.4) is 0 Å². The maximum atomic E-state index is 13.8. The summed E-state index contributed by atoms with van der Waals surface area (Å²) in [4.78, 5) is 16.9. The van der Waals surface area contributed by atoms with Crippen LogP contribution >= 0.6 is 11.6 Å². The molecule has 0 atom stereocenters. The summed E-state index contributed by atoms with van der Waals surface area (Å²) in [5.41, 5.74) is -1.06. The molecule has 0 saturated carbocycles. The lowest BCUT2D eigenvalue weighted by molar-refractivity contribution is -0.143. The van der Waals surface area contributed by atoms with Crippen molar-refractivity contribution in [3.63, 3.8) is 0 Å². The lowest BCUT2D eigenvalue weighted by Gasteiger charge is -2.13. The lowest BCUT2D eigenvalue weighted by Crippen LogP contribution is -2.27. The number of aromatic nitrogens is 5. The number of hydrogen-bond acceptors (Lipinski definition) is 4. The molecule has 0 saturated heterocycles. The highest BCUT2D eigenvalue weighted by molar-refractivity contribution is 6.30. The molecule has 7 nitrogen and oxygen atoms in total. The Bertz CT molecular complexity index is 1200. The van der Waals surface area contributed by atoms with E-state index in [2.05, 4.69) is 20.5 Å². The first kappa shape index (κ1) is 20.6. The molecule has 0 fully saturated rings. The number of pyridine rings is 1. The molecule has 1 N–H and O–H groups in total. The van der Waals surface area contributed by atoms with E-state index in [-0.39, 0.29) is 12.2 Å². The minimum atomic E-state index is -4.81. The molecular weight excluding hydrogens is 433 g/mol. The number of benzene rings is 1. The van der Waals surface area contributed by atoms with E-state index >= 15 is 0 Å². The molecule has 31 heavy (non-hydrogen) atoms. The predicted molar refractivity (Wildman–Crippen MR) is 106 cm³/mol. The van der Waals surface area contributed by atoms with Crippen LogP contribution in [0, 0.1) is 0 Å². The van der Waals surface area contributed by atoms with Crippen LogP contribution in [-0.2, 0) is 12.7 Å². The van der Waals surface area contributed by atoms with Gasteiger partial charge in [0.25, 0.3) is 5.91 Å². The monoisotopic (exact) mass is 446 g/mol. The molecule has 4 aromatic rings. The molecule has 0 unspecified atom stereocenters. The average Bonchev–Trinajstić information content (AvgIpc) is 3.43. The Kier molecular flexibility index (Phi) is 5.47. The van der Waals surface area contributed by atoms with Gasteiger partial charge in [-0.2, -0.15) is 23.4 Å². The number of alkyl halides is 3. The zero-order chi connectivity index (χ0) is 22.0. The minimum Gasteiger partial charge on any atom is -0.348 e. The SMILES string of the molecule is O=C(NCc1cccnc1-n1cccn1)c1cnn(-c2ccc(Cl)cc2)c1C(F)(F)F. The van der Waals surface area contributed by atoms with E-state index in [1.807, 2.05) is 0 Å². The largest absolute Gasteiger partial charge is 0.434 e. The Morgan fingerprint density at radius 2 is 1.84 bits per heavy atom. The summed E-state index contributed by atoms with van der Waals surface area (Å²) in [6, 6.07) is 10.7. The van der Waals surface area contributed by atoms with Crippen molar-refractivity contribution in [1.82, 2.24) is 29.9 Å². The Labute approximate surface area is 179 Å². The lowest BCUT2D eigenvalue weighted by atomic mass is 10.2. The van der Waals surface area contributed by atoms with Crippen molar-refractivity contribution >= 4 is 17.5 Å². The molecule has 0 aliphatic heterocycles. The normalized spacial score (nSPS) is 11.5. The summed E-state index contributed by atoms with van der Waals surface area (Å²) in [5.74, 6) is -0.455. The van der Waals surface area contributed by atoms with E-state index in [0.717, 1.165) is 6.20 Å². The molecule has 0 aliphatic rings. The van der Waals surface area contributed by atoms with Gasteiger partial charge in [-0.1, -0.05) is 17.7 Å². The smallest absolute Gasteiger partial charge is 0.348 e. The summed E-state index contributed by atoms with van der Waals surface area (Å²) in [5, 5.41) is 10.8. The van der Waals surface area contributed by atoms with Gasteiger partial charge < -0.3 is 5.32 Å². The molecular formula is C20H14ClF3N6O. The summed E-state index contributed by atoms with van der Waals surface area (Å²) in [7, 11) is 0. The maximum absolute atomic E-state index is 13.8. The van der Waals surface area contributed by atoms with Crippen LogP contribution in [0.4, 0.5) is 13.2 Å². The van der Waals surface area contributed by atoms with E-state index in [1.165, 1.54) is 28.9 Å². The molecule has 0 radical (unpaired) electrons. The average molecular weight is 447 g/mol. The van der Waals surface area contributed by atoms with Gasteiger partial charge in [0, 0.05) is 35.7 Å². The van der Waals surface area contributed by atoms with Crippen molar-refractivity contribution in [2.24, 2.45) is 0 Å². The number of carbonyl (C=O) groups excluding carboxylic acids is 1. The fraction of sp³-hybridized carbons (Fsp3) is 0.100. The van der Waals surface area contributed by atoms with Crippen LogP contribution in [0.15, 0.2) is 67.3 Å². The topological polar surface area (TPSA) is 77.6 Å². The van der Waals surface area contributed by atoms with Gasteiger partial charge in [-0.05, 0) is 36.4 Å². The first-order chi connectivity index (χ1) is 14.8. The third kappa shape index (κ3) is 4.29. The quantitative estimate of drug-likeness (QED) is 0.501. The van der Waals surface area contributed by atoms with Crippen molar-refractivity contribution in [2.75, 3.05) is 0 Å². The highest BCUT2D eigenvalue weighted by Crippen LogP contribution is 2.34. The first-order valence-electron chi connectivity index (χ1n) is 8.98. The van der Waals surface area contributed by atoms with Crippen LogP contribution in [0.1, 0.15) is 21.6 Å². The second kappa shape index (κ2) is 8.23. The standard InChI is InChI=1S/C20H14ClF3N6O/c21-14-4-6-15(7-5-14)30-17(20(22,23)24)16(12-28-30)19(31)26-11-13-3-1-8-25-18(13)29-10-2-9-27-29/h1-10,12H,11H2,(H,26,31). The zero-order valence-corrected chi connectivity index (χ0v) is 16.5. The van der Waals surface area contributed by atoms with Crippen LogP contribution in [0.5, 0.6) is 0 Å². The molecule has 3 aromatic heterocycles. The van der Waals surface area contributed by atoms with E-state index in [9.17, 15) is 18.0 Å². The Balaban J connectivity index is 1.62. The van der Waals surface area contributed by atoms with Crippen molar-refractivity contribution in [1.29, 1.82) is 0 Å². The number of nitrogens with zero attached hydrogens (tertiary/aromatic N) is 5. The molecule has 158 valence electrons. The van der Waals surface area contributed by atoms with Gasteiger partial charge in [-0.15, -0.1) is 0 Å². The highest BCUT2D eigenvalue weighted by atomic mass is 35.5. The van der Waals surface area contributed by atoms with Gasteiger partial charge in [0.15, 0.2) is 11.5 Å². The second-order valence-corrected chi connectivity index (χ2v) is 6.85. The van der Waals surface area contributed by atoms with Crippen molar-refractivity contribution in [3.8, 4) is 11.5 Å². The third-order valence-corrected chi connectivity index (χ3v) is 4.63. The van der Waals surface area contributed by atoms with E-state index in [1.54, 1.807) is 36.8 Å². The van der Waals surface area contributed by atoms with Crippen molar-refractivity contribution in [3.05, 3.63) is 89.1 Å². The first-order valence-corrected chi connectivity index (χ1v) is 9.35. The number of carbonyl (C=O) groups is 1. The molecule has 11 heteroatoms. The van der Waals surface area contributed by atoms with E-state index in [0.29, 0.717) is 21.1 Å². The summed E-state index contributed by atoms with van der Waals surface area (Å²) < 4.78 is 43.5. The summed E-state index contributed by atoms with van der Waals surface area (Å²) >= 11 is 5.81. The number of halogens is 4. The van der Waals surface area contributed by atoms with Gasteiger partial charge in [-0.3, -0.25) is 4.79 Å². The second-order valence-electron chi connectivity index (χ2n) is 6.41. The summed E-state index contributed by atoms with van der Waals surface area (Å²) in [6.45, 7) is -0.0503. The third-order valence-electron chi connectivity index (χ3n) is 4.38. The van der Waals surface area contributed by atoms with Gasteiger partial charge in [0.1, 0.15) is 0 Å². The highest BCUT2D eigenvalue weighted by Gasteiger charge is 2.40. The fourth-order valence-corrected chi connectivity index (χ4v) is 3.13. The Hall–Kier alpha value is -3.66. The Morgan fingerprint density at radius 1 is 1.06 bits per heavy atom. The number of amides is 1. The maximum Gasteiger partial charge on any atom is 0.434 e. The van der Waals surface area contributed by atoms with E-state index in [4.69, 9.17) is 11.6 Å². The van der Waals surface area contributed by atoms with Gasteiger partial charge in [0.05, 0.1) is 17.4 Å². The van der Waals surface area contributed by atoms with Gasteiger partial charge in [0.2, 0.25) is 0 Å². The fourth-order valence-electron chi connectivity index (χ4n) is 3.00. The molecule has 0 aliphatic carbocycles. The number of rotatable bonds is 5.